The van der Waals surface area contributed by atoms with Gasteiger partial charge in [0.1, 0.15) is 12.2 Å². The van der Waals surface area contributed by atoms with Crippen molar-refractivity contribution in [2.75, 3.05) is 11.3 Å². The fraction of sp³-hybridized carbons (Fsp3) is 0.486. The summed E-state index contributed by atoms with van der Waals surface area (Å²) >= 11 is 1.13. The normalized spacial score (nSPS) is 18.9. The lowest BCUT2D eigenvalue weighted by atomic mass is 9.85. The first-order chi connectivity index (χ1) is 23.0. The number of hydrogen-bond donors (Lipinski definition) is 4. The number of ether oxygens (including phenoxy) is 2. The number of benzene rings is 2. The molecule has 0 aliphatic heterocycles. The van der Waals surface area contributed by atoms with Crippen molar-refractivity contribution >= 4 is 30.0 Å². The quantitative estimate of drug-likeness (QED) is 0.131. The maximum absolute atomic E-state index is 14.1. The van der Waals surface area contributed by atoms with Gasteiger partial charge in [-0.15, -0.1) is 0 Å². The van der Waals surface area contributed by atoms with Crippen LogP contribution in [0.25, 0.3) is 11.3 Å². The predicted molar refractivity (Wildman–Crippen MR) is 181 cm³/mol. The molecule has 1 amide bonds. The minimum Gasteiger partial charge on any atom is -0.478 e. The van der Waals surface area contributed by atoms with Crippen LogP contribution >= 0.6 is 11.9 Å². The van der Waals surface area contributed by atoms with Crippen LogP contribution in [0.3, 0.4) is 0 Å². The van der Waals surface area contributed by atoms with Gasteiger partial charge in [0, 0.05) is 34.7 Å². The summed E-state index contributed by atoms with van der Waals surface area (Å²) in [6.45, 7) is 9.17. The van der Waals surface area contributed by atoms with Crippen molar-refractivity contribution in [2.45, 2.75) is 102 Å². The largest absolute Gasteiger partial charge is 0.478 e. The summed E-state index contributed by atoms with van der Waals surface area (Å²) in [7, 11) is 0. The van der Waals surface area contributed by atoms with Crippen LogP contribution in [0.4, 0.5) is 23.9 Å². The third-order valence-corrected chi connectivity index (χ3v) is 9.41. The van der Waals surface area contributed by atoms with Crippen LogP contribution in [-0.2, 0) is 4.74 Å². The number of nitrogens with zero attached hydrogens (tertiary/aromatic N) is 2. The number of carboxylic acids is 1. The van der Waals surface area contributed by atoms with Crippen LogP contribution in [0.15, 0.2) is 53.4 Å². The number of carbonyl (C=O) groups is 2. The number of carbonyl (C=O) groups excluding carboxylic acids is 1. The molecule has 0 radical (unpaired) electrons. The van der Waals surface area contributed by atoms with Crippen LogP contribution in [0.5, 0.6) is 5.88 Å². The van der Waals surface area contributed by atoms with Crippen molar-refractivity contribution in [3.05, 3.63) is 65.2 Å². The average molecular weight is 702 g/mol. The van der Waals surface area contributed by atoms with Gasteiger partial charge in [0.05, 0.1) is 16.7 Å². The Kier molecular flexibility index (Phi) is 10.7. The van der Waals surface area contributed by atoms with Gasteiger partial charge < -0.3 is 25.2 Å². The number of aryl methyl sites for hydroxylation is 2. The number of aromatic nitrogens is 2. The zero-order chi connectivity index (χ0) is 35.6. The number of carboxylic acid groups (broad SMARTS) is 1. The first-order valence-corrected chi connectivity index (χ1v) is 17.0. The van der Waals surface area contributed by atoms with Crippen LogP contribution in [0.1, 0.15) is 74.4 Å². The van der Waals surface area contributed by atoms with E-state index in [4.69, 9.17) is 14.5 Å². The first-order valence-electron chi connectivity index (χ1n) is 16.2. The minimum absolute atomic E-state index is 0.0702. The van der Waals surface area contributed by atoms with Gasteiger partial charge in [-0.1, -0.05) is 24.3 Å². The number of alkyl halides is 3. The van der Waals surface area contributed by atoms with Crippen LogP contribution in [0, 0.1) is 19.3 Å². The first kappa shape index (κ1) is 36.2. The van der Waals surface area contributed by atoms with E-state index in [9.17, 15) is 27.9 Å². The van der Waals surface area contributed by atoms with Crippen LogP contribution < -0.4 is 20.1 Å². The molecule has 3 aromatic rings. The van der Waals surface area contributed by atoms with E-state index >= 15 is 0 Å². The molecule has 14 heteroatoms. The third kappa shape index (κ3) is 9.56. The lowest BCUT2D eigenvalue weighted by molar-refractivity contribution is -0.191. The maximum Gasteiger partial charge on any atom is 0.407 e. The number of rotatable bonds is 13. The highest BCUT2D eigenvalue weighted by atomic mass is 32.2. The fourth-order valence-electron chi connectivity index (χ4n) is 5.95. The Hall–Kier alpha value is -4.04. The molecule has 0 saturated heterocycles. The van der Waals surface area contributed by atoms with E-state index in [1.165, 1.54) is 12.1 Å². The predicted octanol–water partition coefficient (Wildman–Crippen LogP) is 7.70. The molecular weight excluding hydrogens is 659 g/mol. The number of anilines is 1. The molecule has 0 spiro atoms. The second kappa shape index (κ2) is 14.4. The van der Waals surface area contributed by atoms with Crippen molar-refractivity contribution in [1.82, 2.24) is 20.6 Å². The van der Waals surface area contributed by atoms with E-state index in [1.807, 2.05) is 32.0 Å². The standard InChI is InChI=1S/C35H42F3N5O5S/c1-20-8-6-9-21(2)29(20)27-17-28(42-31(41-27)43-49-26-11-7-10-22(14-26)30(44)45)47-19-25(18-34(12-13-34)35(36,37)38)39-23-15-24(16-23)40-32(46)48-33(3,4)5/h6-11,14,17,23-25,39H,12-13,15-16,18-19H2,1-5H3,(H,40,46)(H,44,45)(H,41,42,43). The van der Waals surface area contributed by atoms with E-state index in [2.05, 4.69) is 20.3 Å². The van der Waals surface area contributed by atoms with Crippen molar-refractivity contribution in [2.24, 2.45) is 5.41 Å². The molecule has 10 nitrogen and oxygen atoms in total. The molecule has 1 heterocycles. The van der Waals surface area contributed by atoms with Crippen molar-refractivity contribution < 1.29 is 37.3 Å². The van der Waals surface area contributed by atoms with Crippen molar-refractivity contribution in [3.8, 4) is 17.1 Å². The molecule has 4 N–H and O–H groups in total. The molecule has 1 unspecified atom stereocenters. The summed E-state index contributed by atoms with van der Waals surface area (Å²) in [6.07, 6.45) is -3.76. The maximum atomic E-state index is 14.1. The van der Waals surface area contributed by atoms with Gasteiger partial charge in [0.15, 0.2) is 0 Å². The molecule has 49 heavy (non-hydrogen) atoms. The van der Waals surface area contributed by atoms with Gasteiger partial charge in [-0.05, 0) is 108 Å². The van der Waals surface area contributed by atoms with E-state index in [-0.39, 0.29) is 55.3 Å². The number of alkyl carbamates (subject to hydrolysis) is 1. The Labute approximate surface area is 288 Å². The van der Waals surface area contributed by atoms with Crippen molar-refractivity contribution in [3.63, 3.8) is 0 Å². The monoisotopic (exact) mass is 701 g/mol. The molecule has 2 saturated carbocycles. The Balaban J connectivity index is 1.33. The van der Waals surface area contributed by atoms with Crippen LogP contribution in [-0.4, -0.2) is 63.6 Å². The summed E-state index contributed by atoms with van der Waals surface area (Å²) in [5.74, 6) is -0.684. The Morgan fingerprint density at radius 1 is 1.02 bits per heavy atom. The highest BCUT2D eigenvalue weighted by Crippen LogP contribution is 2.60. The van der Waals surface area contributed by atoms with Crippen molar-refractivity contribution in [1.29, 1.82) is 0 Å². The SMILES string of the molecule is Cc1cccc(C)c1-c1cc(OCC(CC2(C(F)(F)F)CC2)NC2CC(NC(=O)OC(C)(C)C)C2)nc(NSc2cccc(C(=O)O)c2)n1. The zero-order valence-electron chi connectivity index (χ0n) is 28.1. The van der Waals surface area contributed by atoms with Gasteiger partial charge >= 0.3 is 18.2 Å². The zero-order valence-corrected chi connectivity index (χ0v) is 28.9. The Bertz CT molecular complexity index is 1650. The highest BCUT2D eigenvalue weighted by Gasteiger charge is 2.63. The fourth-order valence-corrected chi connectivity index (χ4v) is 6.58. The van der Waals surface area contributed by atoms with E-state index < -0.39 is 35.3 Å². The summed E-state index contributed by atoms with van der Waals surface area (Å²) in [4.78, 5) is 33.5. The van der Waals surface area contributed by atoms with Gasteiger partial charge in [0.2, 0.25) is 11.8 Å². The molecule has 2 aliphatic carbocycles. The molecule has 2 aromatic carbocycles. The second-order valence-corrected chi connectivity index (χ2v) is 14.8. The van der Waals surface area contributed by atoms with E-state index in [1.54, 1.807) is 39.0 Å². The molecule has 2 aliphatic rings. The minimum atomic E-state index is -4.33. The molecule has 264 valence electrons. The molecule has 1 aromatic heterocycles. The van der Waals surface area contributed by atoms with Crippen LogP contribution in [0.2, 0.25) is 0 Å². The smallest absolute Gasteiger partial charge is 0.407 e. The highest BCUT2D eigenvalue weighted by molar-refractivity contribution is 8.00. The summed E-state index contributed by atoms with van der Waals surface area (Å²) < 4.78 is 56.7. The van der Waals surface area contributed by atoms with Gasteiger partial charge in [-0.25, -0.2) is 14.6 Å². The van der Waals surface area contributed by atoms with Gasteiger partial charge in [-0.3, -0.25) is 4.72 Å². The summed E-state index contributed by atoms with van der Waals surface area (Å²) in [5.41, 5.74) is 1.12. The lowest BCUT2D eigenvalue weighted by Gasteiger charge is -2.39. The molecule has 5 rings (SSSR count). The summed E-state index contributed by atoms with van der Waals surface area (Å²) in [5, 5.41) is 15.5. The second-order valence-electron chi connectivity index (χ2n) is 13.9. The number of nitrogens with one attached hydrogen (secondary N) is 3. The van der Waals surface area contributed by atoms with E-state index in [0.29, 0.717) is 23.4 Å². The topological polar surface area (TPSA) is 135 Å². The summed E-state index contributed by atoms with van der Waals surface area (Å²) in [6, 6.07) is 13.0. The molecule has 2 fully saturated rings. The molecule has 1 atom stereocenters. The number of amides is 1. The Morgan fingerprint density at radius 3 is 2.31 bits per heavy atom. The molecule has 0 bridgehead atoms. The Morgan fingerprint density at radius 2 is 1.69 bits per heavy atom. The lowest BCUT2D eigenvalue weighted by Crippen LogP contribution is -2.56. The van der Waals surface area contributed by atoms with Gasteiger partial charge in [-0.2, -0.15) is 18.2 Å². The third-order valence-electron chi connectivity index (χ3n) is 8.64. The number of halogens is 3. The number of hydrogen-bond acceptors (Lipinski definition) is 9. The number of aromatic carboxylic acids is 1. The molecular formula is C35H42F3N5O5S. The van der Waals surface area contributed by atoms with Gasteiger partial charge in [0.25, 0.3) is 0 Å². The average Bonchev–Trinajstić information content (AvgIpc) is 3.78. The van der Waals surface area contributed by atoms with E-state index in [0.717, 1.165) is 28.6 Å².